The van der Waals surface area contributed by atoms with Gasteiger partial charge in [-0.15, -0.1) is 0 Å². The number of carbonyl (C=O) groups is 2. The van der Waals surface area contributed by atoms with E-state index in [0.717, 1.165) is 6.42 Å². The van der Waals surface area contributed by atoms with Crippen molar-refractivity contribution in [2.24, 2.45) is 11.8 Å². The number of aliphatic carboxylic acids is 1. The molecule has 0 radical (unpaired) electrons. The summed E-state index contributed by atoms with van der Waals surface area (Å²) in [5.41, 5.74) is 0.564. The van der Waals surface area contributed by atoms with E-state index in [0.29, 0.717) is 17.1 Å². The third kappa shape index (κ3) is 2.27. The molecule has 2 fully saturated rings. The molecule has 5 nitrogen and oxygen atoms in total. The molecule has 106 valence electrons. The molecule has 0 aliphatic carbocycles. The summed E-state index contributed by atoms with van der Waals surface area (Å²) in [7, 11) is 0. The van der Waals surface area contributed by atoms with Gasteiger partial charge in [0.15, 0.2) is 0 Å². The first-order chi connectivity index (χ1) is 9.56. The number of ether oxygens (including phenoxy) is 1. The number of carboxylic acids is 1. The summed E-state index contributed by atoms with van der Waals surface area (Å²) < 4.78 is 5.57. The van der Waals surface area contributed by atoms with Crippen molar-refractivity contribution in [3.8, 4) is 0 Å². The SMILES string of the molecule is O=C(O)[C@@H]1[C@H](C(=O)Nc2cccc(Cl)c2)[C@H]2CC[C@H]1O2. The predicted molar refractivity (Wildman–Crippen MR) is 72.6 cm³/mol. The van der Waals surface area contributed by atoms with Gasteiger partial charge in [-0.05, 0) is 31.0 Å². The highest BCUT2D eigenvalue weighted by Gasteiger charge is 2.55. The van der Waals surface area contributed by atoms with Crippen LogP contribution in [0.25, 0.3) is 0 Å². The number of benzene rings is 1. The van der Waals surface area contributed by atoms with Crippen LogP contribution >= 0.6 is 11.6 Å². The Balaban J connectivity index is 1.78. The van der Waals surface area contributed by atoms with E-state index in [9.17, 15) is 14.7 Å². The van der Waals surface area contributed by atoms with E-state index in [-0.39, 0.29) is 18.1 Å². The van der Waals surface area contributed by atoms with E-state index in [4.69, 9.17) is 16.3 Å². The lowest BCUT2D eigenvalue weighted by Gasteiger charge is -2.23. The minimum atomic E-state index is -0.969. The lowest BCUT2D eigenvalue weighted by atomic mass is 9.78. The van der Waals surface area contributed by atoms with Crippen LogP contribution in [0, 0.1) is 11.8 Å². The molecule has 2 saturated heterocycles. The highest BCUT2D eigenvalue weighted by atomic mass is 35.5. The minimum Gasteiger partial charge on any atom is -0.481 e. The molecular formula is C14H14ClNO4. The Morgan fingerprint density at radius 2 is 1.95 bits per heavy atom. The highest BCUT2D eigenvalue weighted by Crippen LogP contribution is 2.44. The second-order valence-electron chi connectivity index (χ2n) is 5.18. The van der Waals surface area contributed by atoms with Gasteiger partial charge in [0.2, 0.25) is 5.91 Å². The molecule has 2 aliphatic rings. The van der Waals surface area contributed by atoms with Gasteiger partial charge in [-0.25, -0.2) is 0 Å². The van der Waals surface area contributed by atoms with Crippen molar-refractivity contribution in [2.45, 2.75) is 25.0 Å². The molecule has 2 heterocycles. The second kappa shape index (κ2) is 5.07. The van der Waals surface area contributed by atoms with Gasteiger partial charge in [-0.3, -0.25) is 9.59 Å². The van der Waals surface area contributed by atoms with Crippen molar-refractivity contribution in [3.63, 3.8) is 0 Å². The number of hydrogen-bond donors (Lipinski definition) is 2. The van der Waals surface area contributed by atoms with Crippen molar-refractivity contribution in [1.82, 2.24) is 0 Å². The fourth-order valence-electron chi connectivity index (χ4n) is 3.12. The van der Waals surface area contributed by atoms with E-state index >= 15 is 0 Å². The molecule has 0 spiro atoms. The lowest BCUT2D eigenvalue weighted by molar-refractivity contribution is -0.147. The second-order valence-corrected chi connectivity index (χ2v) is 5.62. The molecule has 1 aromatic rings. The topological polar surface area (TPSA) is 75.6 Å². The molecule has 0 saturated carbocycles. The Bertz CT molecular complexity index is 562. The van der Waals surface area contributed by atoms with Gasteiger partial charge in [-0.2, -0.15) is 0 Å². The Kier molecular flexibility index (Phi) is 3.40. The average molecular weight is 296 g/mol. The van der Waals surface area contributed by atoms with Crippen LogP contribution in [0.3, 0.4) is 0 Å². The zero-order valence-electron chi connectivity index (χ0n) is 10.6. The molecule has 3 rings (SSSR count). The molecule has 0 aromatic heterocycles. The van der Waals surface area contributed by atoms with E-state index in [1.54, 1.807) is 24.3 Å². The first-order valence-electron chi connectivity index (χ1n) is 6.51. The number of halogens is 1. The molecule has 2 bridgehead atoms. The van der Waals surface area contributed by atoms with Crippen molar-refractivity contribution in [3.05, 3.63) is 29.3 Å². The lowest BCUT2D eigenvalue weighted by Crippen LogP contribution is -2.40. The number of hydrogen-bond acceptors (Lipinski definition) is 3. The molecule has 2 N–H and O–H groups in total. The summed E-state index contributed by atoms with van der Waals surface area (Å²) in [6.07, 6.45) is 0.817. The predicted octanol–water partition coefficient (Wildman–Crippen LogP) is 2.16. The van der Waals surface area contributed by atoms with Crippen LogP contribution in [0.2, 0.25) is 5.02 Å². The summed E-state index contributed by atoms with van der Waals surface area (Å²) >= 11 is 5.86. The van der Waals surface area contributed by atoms with Gasteiger partial charge in [-0.1, -0.05) is 17.7 Å². The maximum Gasteiger partial charge on any atom is 0.310 e. The normalized spacial score (nSPS) is 31.2. The van der Waals surface area contributed by atoms with E-state index in [1.807, 2.05) is 0 Å². The zero-order chi connectivity index (χ0) is 14.3. The van der Waals surface area contributed by atoms with Crippen LogP contribution in [0.1, 0.15) is 12.8 Å². The molecule has 1 aromatic carbocycles. The standard InChI is InChI=1S/C14H14ClNO4/c15-7-2-1-3-8(6-7)16-13(17)11-9-4-5-10(20-9)12(11)14(18)19/h1-3,6,9-12H,4-5H2,(H,16,17)(H,18,19)/t9-,10-,11-,12+/m1/s1. The number of amides is 1. The van der Waals surface area contributed by atoms with Crippen LogP contribution < -0.4 is 5.32 Å². The molecule has 2 aliphatic heterocycles. The molecule has 4 atom stereocenters. The van der Waals surface area contributed by atoms with Crippen molar-refractivity contribution in [1.29, 1.82) is 0 Å². The fourth-order valence-corrected chi connectivity index (χ4v) is 3.31. The summed E-state index contributed by atoms with van der Waals surface area (Å²) in [6, 6.07) is 6.78. The summed E-state index contributed by atoms with van der Waals surface area (Å²) in [4.78, 5) is 23.7. The van der Waals surface area contributed by atoms with Crippen LogP contribution in [0.5, 0.6) is 0 Å². The molecule has 6 heteroatoms. The van der Waals surface area contributed by atoms with Crippen LogP contribution in [-0.4, -0.2) is 29.2 Å². The molecule has 1 amide bonds. The minimum absolute atomic E-state index is 0.291. The Morgan fingerprint density at radius 3 is 2.60 bits per heavy atom. The van der Waals surface area contributed by atoms with Crippen LogP contribution in [0.4, 0.5) is 5.69 Å². The van der Waals surface area contributed by atoms with E-state index in [1.165, 1.54) is 0 Å². The number of carboxylic acid groups (broad SMARTS) is 1. The van der Waals surface area contributed by atoms with E-state index < -0.39 is 17.8 Å². The van der Waals surface area contributed by atoms with Gasteiger partial charge in [0.25, 0.3) is 0 Å². The third-order valence-electron chi connectivity index (χ3n) is 3.95. The molecular weight excluding hydrogens is 282 g/mol. The Labute approximate surface area is 120 Å². The average Bonchev–Trinajstić information content (AvgIpc) is 2.98. The molecule has 20 heavy (non-hydrogen) atoms. The van der Waals surface area contributed by atoms with Crippen molar-refractivity contribution in [2.75, 3.05) is 5.32 Å². The van der Waals surface area contributed by atoms with Gasteiger partial charge in [0, 0.05) is 10.7 Å². The first-order valence-corrected chi connectivity index (χ1v) is 6.89. The fraction of sp³-hybridized carbons (Fsp3) is 0.429. The van der Waals surface area contributed by atoms with Gasteiger partial charge in [0.1, 0.15) is 0 Å². The van der Waals surface area contributed by atoms with E-state index in [2.05, 4.69) is 5.32 Å². The summed E-state index contributed by atoms with van der Waals surface area (Å²) in [5.74, 6) is -2.67. The monoisotopic (exact) mass is 295 g/mol. The summed E-state index contributed by atoms with van der Waals surface area (Å²) in [6.45, 7) is 0. The van der Waals surface area contributed by atoms with Crippen molar-refractivity contribution >= 4 is 29.2 Å². The Hall–Kier alpha value is -1.59. The number of anilines is 1. The molecule has 0 unspecified atom stereocenters. The van der Waals surface area contributed by atoms with Gasteiger partial charge < -0.3 is 15.2 Å². The Morgan fingerprint density at radius 1 is 1.25 bits per heavy atom. The smallest absolute Gasteiger partial charge is 0.310 e. The summed E-state index contributed by atoms with van der Waals surface area (Å²) in [5, 5.41) is 12.5. The number of carbonyl (C=O) groups excluding carboxylic acids is 1. The number of nitrogens with one attached hydrogen (secondary N) is 1. The van der Waals surface area contributed by atoms with Gasteiger partial charge in [0.05, 0.1) is 24.0 Å². The first kappa shape index (κ1) is 13.4. The highest BCUT2D eigenvalue weighted by molar-refractivity contribution is 6.30. The van der Waals surface area contributed by atoms with Crippen LogP contribution in [0.15, 0.2) is 24.3 Å². The number of fused-ring (bicyclic) bond motifs is 2. The largest absolute Gasteiger partial charge is 0.481 e. The maximum atomic E-state index is 12.3. The zero-order valence-corrected chi connectivity index (χ0v) is 11.3. The maximum absolute atomic E-state index is 12.3. The third-order valence-corrected chi connectivity index (χ3v) is 4.19. The number of rotatable bonds is 3. The quantitative estimate of drug-likeness (QED) is 0.896. The van der Waals surface area contributed by atoms with Gasteiger partial charge >= 0.3 is 5.97 Å². The van der Waals surface area contributed by atoms with Crippen molar-refractivity contribution < 1.29 is 19.4 Å². The van der Waals surface area contributed by atoms with Crippen LogP contribution in [-0.2, 0) is 14.3 Å².